The highest BCUT2D eigenvalue weighted by Crippen LogP contribution is 2.26. The molecule has 2 heterocycles. The van der Waals surface area contributed by atoms with E-state index in [2.05, 4.69) is 18.0 Å². The van der Waals surface area contributed by atoms with E-state index in [4.69, 9.17) is 16.3 Å². The molecule has 86 valence electrons. The second-order valence-corrected chi connectivity index (χ2v) is 5.21. The summed E-state index contributed by atoms with van der Waals surface area (Å²) in [5.41, 5.74) is 0. The Labute approximate surface area is 104 Å². The van der Waals surface area contributed by atoms with Gasteiger partial charge in [0, 0.05) is 23.8 Å². The number of thiophene rings is 1. The molecule has 2 aromatic heterocycles. The van der Waals surface area contributed by atoms with Crippen LogP contribution in [-0.2, 0) is 11.2 Å². The summed E-state index contributed by atoms with van der Waals surface area (Å²) in [6, 6.07) is 6.01. The summed E-state index contributed by atoms with van der Waals surface area (Å²) in [7, 11) is 1.76. The predicted molar refractivity (Wildman–Crippen MR) is 69.4 cm³/mol. The Hall–Kier alpha value is -0.640. The monoisotopic (exact) mass is 255 g/mol. The first-order chi connectivity index (χ1) is 7.72. The van der Waals surface area contributed by atoms with Crippen LogP contribution in [0.3, 0.4) is 0 Å². The van der Waals surface area contributed by atoms with Crippen molar-refractivity contribution >= 4 is 33.2 Å². The van der Waals surface area contributed by atoms with Gasteiger partial charge in [0.05, 0.1) is 6.10 Å². The first kappa shape index (κ1) is 11.8. The van der Waals surface area contributed by atoms with Crippen molar-refractivity contribution in [1.82, 2.24) is 4.98 Å². The number of fused-ring (bicyclic) bond motifs is 1. The van der Waals surface area contributed by atoms with Crippen LogP contribution in [0.4, 0.5) is 0 Å². The van der Waals surface area contributed by atoms with Crippen LogP contribution in [0.5, 0.6) is 0 Å². The van der Waals surface area contributed by atoms with Gasteiger partial charge in [-0.15, -0.1) is 11.3 Å². The lowest BCUT2D eigenvalue weighted by atomic mass is 10.1. The largest absolute Gasteiger partial charge is 0.381 e. The summed E-state index contributed by atoms with van der Waals surface area (Å²) in [6.07, 6.45) is 2.27. The summed E-state index contributed by atoms with van der Waals surface area (Å²) in [6.45, 7) is 2.14. The number of rotatable bonds is 4. The highest BCUT2D eigenvalue weighted by Gasteiger charge is 2.09. The molecule has 0 aliphatic heterocycles. The zero-order valence-electron chi connectivity index (χ0n) is 9.37. The Morgan fingerprint density at radius 3 is 3.00 bits per heavy atom. The van der Waals surface area contributed by atoms with Crippen LogP contribution in [0.15, 0.2) is 18.2 Å². The zero-order chi connectivity index (χ0) is 11.5. The van der Waals surface area contributed by atoms with Crippen LogP contribution in [0, 0.1) is 0 Å². The summed E-state index contributed by atoms with van der Waals surface area (Å²) in [5, 5.41) is 1.72. The third-order valence-corrected chi connectivity index (χ3v) is 3.90. The van der Waals surface area contributed by atoms with Crippen LogP contribution in [-0.4, -0.2) is 18.2 Å². The van der Waals surface area contributed by atoms with Gasteiger partial charge in [-0.05, 0) is 24.6 Å². The van der Waals surface area contributed by atoms with E-state index in [1.165, 1.54) is 4.88 Å². The van der Waals surface area contributed by atoms with Gasteiger partial charge in [0.15, 0.2) is 0 Å². The molecule has 4 heteroatoms. The second kappa shape index (κ2) is 5.13. The molecule has 2 rings (SSSR count). The van der Waals surface area contributed by atoms with Gasteiger partial charge in [0.2, 0.25) is 0 Å². The lowest BCUT2D eigenvalue weighted by Gasteiger charge is -2.10. The van der Waals surface area contributed by atoms with Gasteiger partial charge >= 0.3 is 0 Å². The Balaban J connectivity index is 2.25. The second-order valence-electron chi connectivity index (χ2n) is 3.71. The van der Waals surface area contributed by atoms with Crippen LogP contribution < -0.4 is 0 Å². The Kier molecular flexibility index (Phi) is 3.79. The molecule has 0 aliphatic carbocycles. The predicted octanol–water partition coefficient (Wildman–Crippen LogP) is 3.92. The fraction of sp³-hybridized carbons (Fsp3) is 0.417. The van der Waals surface area contributed by atoms with E-state index in [-0.39, 0.29) is 0 Å². The van der Waals surface area contributed by atoms with Gasteiger partial charge in [-0.25, -0.2) is 4.98 Å². The van der Waals surface area contributed by atoms with Crippen molar-refractivity contribution in [2.24, 2.45) is 0 Å². The third kappa shape index (κ3) is 2.54. The fourth-order valence-corrected chi connectivity index (χ4v) is 2.96. The zero-order valence-corrected chi connectivity index (χ0v) is 10.9. The minimum Gasteiger partial charge on any atom is -0.381 e. The van der Waals surface area contributed by atoms with Gasteiger partial charge < -0.3 is 4.74 Å². The number of halogens is 1. The molecular formula is C12H14ClNOS. The molecule has 1 atom stereocenters. The molecule has 2 nitrogen and oxygen atoms in total. The Morgan fingerprint density at radius 2 is 2.31 bits per heavy atom. The van der Waals surface area contributed by atoms with E-state index in [0.717, 1.165) is 23.1 Å². The number of hydrogen-bond donors (Lipinski definition) is 0. The normalized spacial score (nSPS) is 13.2. The number of hydrogen-bond acceptors (Lipinski definition) is 3. The average molecular weight is 256 g/mol. The smallest absolute Gasteiger partial charge is 0.130 e. The van der Waals surface area contributed by atoms with E-state index in [1.54, 1.807) is 18.4 Å². The molecule has 0 saturated heterocycles. The minimum atomic E-state index is 0.295. The topological polar surface area (TPSA) is 22.1 Å². The van der Waals surface area contributed by atoms with Crippen molar-refractivity contribution < 1.29 is 4.74 Å². The van der Waals surface area contributed by atoms with Gasteiger partial charge in [0.1, 0.15) is 9.98 Å². The van der Waals surface area contributed by atoms with Crippen molar-refractivity contribution in [3.8, 4) is 0 Å². The molecule has 0 saturated carbocycles. The van der Waals surface area contributed by atoms with Crippen LogP contribution in [0.25, 0.3) is 10.2 Å². The number of pyridine rings is 1. The molecule has 2 aromatic rings. The van der Waals surface area contributed by atoms with E-state index < -0.39 is 0 Å². The van der Waals surface area contributed by atoms with Crippen molar-refractivity contribution in [2.45, 2.75) is 25.9 Å². The number of ether oxygens (including phenoxy) is 1. The van der Waals surface area contributed by atoms with E-state index >= 15 is 0 Å². The maximum absolute atomic E-state index is 5.86. The standard InChI is InChI=1S/C12H14ClNOS/c1-3-9(15-2)7-10-6-8-4-5-11(13)14-12(8)16-10/h4-6,9H,3,7H2,1-2H3. The van der Waals surface area contributed by atoms with Gasteiger partial charge in [0.25, 0.3) is 0 Å². The van der Waals surface area contributed by atoms with Crippen molar-refractivity contribution in [3.05, 3.63) is 28.2 Å². The molecule has 16 heavy (non-hydrogen) atoms. The van der Waals surface area contributed by atoms with Crippen LogP contribution in [0.2, 0.25) is 5.15 Å². The van der Waals surface area contributed by atoms with E-state index in [9.17, 15) is 0 Å². The Morgan fingerprint density at radius 1 is 1.50 bits per heavy atom. The van der Waals surface area contributed by atoms with Gasteiger partial charge in [-0.1, -0.05) is 18.5 Å². The molecule has 0 spiro atoms. The average Bonchev–Trinajstić information content (AvgIpc) is 2.67. The number of nitrogens with zero attached hydrogens (tertiary/aromatic N) is 1. The summed E-state index contributed by atoms with van der Waals surface area (Å²) in [4.78, 5) is 6.61. The quantitative estimate of drug-likeness (QED) is 0.773. The van der Waals surface area contributed by atoms with E-state index in [0.29, 0.717) is 11.3 Å². The minimum absolute atomic E-state index is 0.295. The van der Waals surface area contributed by atoms with Crippen molar-refractivity contribution in [1.29, 1.82) is 0 Å². The first-order valence-electron chi connectivity index (χ1n) is 5.30. The van der Waals surface area contributed by atoms with Gasteiger partial charge in [-0.3, -0.25) is 0 Å². The maximum atomic E-state index is 5.86. The fourth-order valence-electron chi connectivity index (χ4n) is 1.67. The third-order valence-electron chi connectivity index (χ3n) is 2.62. The number of methoxy groups -OCH3 is 1. The first-order valence-corrected chi connectivity index (χ1v) is 6.50. The van der Waals surface area contributed by atoms with Crippen molar-refractivity contribution in [2.75, 3.05) is 7.11 Å². The molecule has 1 unspecified atom stereocenters. The summed E-state index contributed by atoms with van der Waals surface area (Å²) >= 11 is 7.55. The lowest BCUT2D eigenvalue weighted by molar-refractivity contribution is 0.100. The lowest BCUT2D eigenvalue weighted by Crippen LogP contribution is -2.11. The molecular weight excluding hydrogens is 242 g/mol. The molecule has 0 amide bonds. The van der Waals surface area contributed by atoms with Gasteiger partial charge in [-0.2, -0.15) is 0 Å². The number of aromatic nitrogens is 1. The van der Waals surface area contributed by atoms with Crippen LogP contribution >= 0.6 is 22.9 Å². The van der Waals surface area contributed by atoms with Crippen LogP contribution in [0.1, 0.15) is 18.2 Å². The molecule has 0 N–H and O–H groups in total. The molecule has 0 radical (unpaired) electrons. The molecule has 0 aromatic carbocycles. The molecule has 0 aliphatic rings. The van der Waals surface area contributed by atoms with E-state index in [1.807, 2.05) is 12.1 Å². The highest BCUT2D eigenvalue weighted by molar-refractivity contribution is 7.18. The maximum Gasteiger partial charge on any atom is 0.130 e. The highest BCUT2D eigenvalue weighted by atomic mass is 35.5. The summed E-state index contributed by atoms with van der Waals surface area (Å²) in [5.74, 6) is 0. The summed E-state index contributed by atoms with van der Waals surface area (Å²) < 4.78 is 5.38. The Bertz CT molecular complexity index is 479. The molecule has 0 fully saturated rings. The van der Waals surface area contributed by atoms with Crippen molar-refractivity contribution in [3.63, 3.8) is 0 Å². The molecule has 0 bridgehead atoms. The SMILES string of the molecule is CCC(Cc1cc2ccc(Cl)nc2s1)OC.